The van der Waals surface area contributed by atoms with Crippen LogP contribution in [-0.2, 0) is 14.8 Å². The first-order chi connectivity index (χ1) is 12.6. The second-order valence-electron chi connectivity index (χ2n) is 5.99. The summed E-state index contributed by atoms with van der Waals surface area (Å²) in [5.41, 5.74) is 0.329. The SMILES string of the molecule is O=S(=O)(Nc1cnc(N2CCOCC2)nc1)c1ccc2ccccc2c1. The molecule has 0 spiro atoms. The Morgan fingerprint density at radius 3 is 2.38 bits per heavy atom. The summed E-state index contributed by atoms with van der Waals surface area (Å²) < 4.78 is 33.1. The number of morpholine rings is 1. The first-order valence-electron chi connectivity index (χ1n) is 8.28. The Morgan fingerprint density at radius 2 is 1.65 bits per heavy atom. The second kappa shape index (κ2) is 6.89. The number of anilines is 2. The third-order valence-corrected chi connectivity index (χ3v) is 5.59. The fourth-order valence-corrected chi connectivity index (χ4v) is 3.91. The van der Waals surface area contributed by atoms with Gasteiger partial charge in [0.1, 0.15) is 0 Å². The van der Waals surface area contributed by atoms with Gasteiger partial charge in [0.05, 0.1) is 36.2 Å². The summed E-state index contributed by atoms with van der Waals surface area (Å²) >= 11 is 0. The van der Waals surface area contributed by atoms with Crippen LogP contribution in [0.2, 0.25) is 0 Å². The molecule has 0 bridgehead atoms. The maximum absolute atomic E-state index is 12.6. The molecule has 4 rings (SSSR count). The highest BCUT2D eigenvalue weighted by Crippen LogP contribution is 2.21. The topological polar surface area (TPSA) is 84.4 Å². The zero-order valence-electron chi connectivity index (χ0n) is 14.0. The summed E-state index contributed by atoms with van der Waals surface area (Å²) in [5, 5.41) is 1.86. The van der Waals surface area contributed by atoms with Crippen LogP contribution in [0.5, 0.6) is 0 Å². The normalized spacial score (nSPS) is 15.2. The van der Waals surface area contributed by atoms with Crippen LogP contribution in [0.25, 0.3) is 10.8 Å². The highest BCUT2D eigenvalue weighted by Gasteiger charge is 2.17. The van der Waals surface area contributed by atoms with Crippen molar-refractivity contribution in [2.45, 2.75) is 4.90 Å². The summed E-state index contributed by atoms with van der Waals surface area (Å²) in [5.74, 6) is 0.571. The molecule has 0 unspecified atom stereocenters. The minimum Gasteiger partial charge on any atom is -0.378 e. The fourth-order valence-electron chi connectivity index (χ4n) is 2.85. The summed E-state index contributed by atoms with van der Waals surface area (Å²) in [6.07, 6.45) is 2.97. The molecule has 0 radical (unpaired) electrons. The number of aromatic nitrogens is 2. The summed E-state index contributed by atoms with van der Waals surface area (Å²) in [6, 6.07) is 12.7. The molecule has 1 aromatic heterocycles. The largest absolute Gasteiger partial charge is 0.378 e. The maximum Gasteiger partial charge on any atom is 0.262 e. The van der Waals surface area contributed by atoms with Gasteiger partial charge in [-0.25, -0.2) is 18.4 Å². The molecule has 7 nitrogen and oxygen atoms in total. The predicted molar refractivity (Wildman–Crippen MR) is 99.8 cm³/mol. The Balaban J connectivity index is 1.54. The number of hydrogen-bond acceptors (Lipinski definition) is 6. The van der Waals surface area contributed by atoms with Crippen molar-refractivity contribution < 1.29 is 13.2 Å². The molecule has 0 amide bonds. The van der Waals surface area contributed by atoms with Gasteiger partial charge in [-0.3, -0.25) is 4.72 Å². The van der Waals surface area contributed by atoms with E-state index >= 15 is 0 Å². The van der Waals surface area contributed by atoms with Crippen molar-refractivity contribution in [3.05, 3.63) is 54.9 Å². The van der Waals surface area contributed by atoms with E-state index in [9.17, 15) is 8.42 Å². The first kappa shape index (κ1) is 16.7. The highest BCUT2D eigenvalue weighted by atomic mass is 32.2. The van der Waals surface area contributed by atoms with Gasteiger partial charge in [0.2, 0.25) is 5.95 Å². The van der Waals surface area contributed by atoms with Gasteiger partial charge in [-0.15, -0.1) is 0 Å². The third kappa shape index (κ3) is 3.47. The lowest BCUT2D eigenvalue weighted by Gasteiger charge is -2.26. The number of rotatable bonds is 4. The molecule has 8 heteroatoms. The van der Waals surface area contributed by atoms with Gasteiger partial charge in [-0.05, 0) is 22.9 Å². The average molecular weight is 370 g/mol. The molecule has 1 fully saturated rings. The Kier molecular flexibility index (Phi) is 4.44. The van der Waals surface area contributed by atoms with Crippen LogP contribution in [0, 0.1) is 0 Å². The molecule has 26 heavy (non-hydrogen) atoms. The molecule has 3 aromatic rings. The van der Waals surface area contributed by atoms with E-state index in [0.29, 0.717) is 24.8 Å². The smallest absolute Gasteiger partial charge is 0.262 e. The maximum atomic E-state index is 12.6. The molecule has 1 aliphatic rings. The molecular weight excluding hydrogens is 352 g/mol. The minimum atomic E-state index is -3.71. The number of fused-ring (bicyclic) bond motifs is 1. The number of nitrogens with one attached hydrogen (secondary N) is 1. The number of hydrogen-bond donors (Lipinski definition) is 1. The zero-order chi connectivity index (χ0) is 18.0. The standard InChI is InChI=1S/C18H18N4O3S/c23-26(24,17-6-5-14-3-1-2-4-15(14)11-17)21-16-12-19-18(20-13-16)22-7-9-25-10-8-22/h1-6,11-13,21H,7-10H2. The fraction of sp³-hybridized carbons (Fsp3) is 0.222. The van der Waals surface area contributed by atoms with Crippen LogP contribution in [-0.4, -0.2) is 44.7 Å². The number of benzene rings is 2. The Labute approximate surface area is 151 Å². The van der Waals surface area contributed by atoms with E-state index in [1.807, 2.05) is 29.2 Å². The lowest BCUT2D eigenvalue weighted by atomic mass is 10.1. The van der Waals surface area contributed by atoms with Gasteiger partial charge in [0, 0.05) is 13.1 Å². The third-order valence-electron chi connectivity index (χ3n) is 4.22. The van der Waals surface area contributed by atoms with Crippen molar-refractivity contribution in [3.8, 4) is 0 Å². The van der Waals surface area contributed by atoms with Crippen LogP contribution >= 0.6 is 0 Å². The Hall–Kier alpha value is -2.71. The van der Waals surface area contributed by atoms with E-state index in [1.165, 1.54) is 12.4 Å². The van der Waals surface area contributed by atoms with Crippen LogP contribution in [0.3, 0.4) is 0 Å². The minimum absolute atomic E-state index is 0.202. The molecule has 0 saturated carbocycles. The molecule has 1 aliphatic heterocycles. The highest BCUT2D eigenvalue weighted by molar-refractivity contribution is 7.92. The van der Waals surface area contributed by atoms with Crippen molar-refractivity contribution in [3.63, 3.8) is 0 Å². The van der Waals surface area contributed by atoms with E-state index in [4.69, 9.17) is 4.74 Å². The van der Waals surface area contributed by atoms with Gasteiger partial charge >= 0.3 is 0 Å². The molecule has 2 heterocycles. The Morgan fingerprint density at radius 1 is 0.962 bits per heavy atom. The van der Waals surface area contributed by atoms with E-state index in [-0.39, 0.29) is 4.90 Å². The van der Waals surface area contributed by atoms with Crippen LogP contribution < -0.4 is 9.62 Å². The lowest BCUT2D eigenvalue weighted by molar-refractivity contribution is 0.122. The molecule has 1 saturated heterocycles. The lowest BCUT2D eigenvalue weighted by Crippen LogP contribution is -2.37. The number of ether oxygens (including phenoxy) is 1. The van der Waals surface area contributed by atoms with Crippen molar-refractivity contribution in [2.24, 2.45) is 0 Å². The van der Waals surface area contributed by atoms with Crippen LogP contribution in [0.15, 0.2) is 59.8 Å². The van der Waals surface area contributed by atoms with Crippen LogP contribution in [0.1, 0.15) is 0 Å². The molecule has 0 aliphatic carbocycles. The van der Waals surface area contributed by atoms with Gasteiger partial charge in [0.15, 0.2) is 0 Å². The first-order valence-corrected chi connectivity index (χ1v) is 9.76. The van der Waals surface area contributed by atoms with E-state index in [2.05, 4.69) is 14.7 Å². The predicted octanol–water partition coefficient (Wildman–Crippen LogP) is 2.27. The molecular formula is C18H18N4O3S. The van der Waals surface area contributed by atoms with Gasteiger partial charge in [-0.2, -0.15) is 0 Å². The molecule has 1 N–H and O–H groups in total. The van der Waals surface area contributed by atoms with Crippen molar-refractivity contribution in [1.82, 2.24) is 9.97 Å². The van der Waals surface area contributed by atoms with Crippen molar-refractivity contribution in [2.75, 3.05) is 35.9 Å². The van der Waals surface area contributed by atoms with E-state index < -0.39 is 10.0 Å². The molecule has 0 atom stereocenters. The molecule has 2 aromatic carbocycles. The monoisotopic (exact) mass is 370 g/mol. The van der Waals surface area contributed by atoms with E-state index in [0.717, 1.165) is 23.9 Å². The number of sulfonamides is 1. The molecule has 134 valence electrons. The Bertz CT molecular complexity index is 1020. The van der Waals surface area contributed by atoms with Crippen molar-refractivity contribution in [1.29, 1.82) is 0 Å². The number of nitrogens with zero attached hydrogens (tertiary/aromatic N) is 3. The average Bonchev–Trinajstić information content (AvgIpc) is 2.68. The van der Waals surface area contributed by atoms with Gasteiger partial charge < -0.3 is 9.64 Å². The van der Waals surface area contributed by atoms with Crippen LogP contribution in [0.4, 0.5) is 11.6 Å². The summed E-state index contributed by atoms with van der Waals surface area (Å²) in [7, 11) is -3.71. The van der Waals surface area contributed by atoms with Crippen molar-refractivity contribution >= 4 is 32.4 Å². The second-order valence-corrected chi connectivity index (χ2v) is 7.67. The van der Waals surface area contributed by atoms with Gasteiger partial charge in [-0.1, -0.05) is 30.3 Å². The van der Waals surface area contributed by atoms with Gasteiger partial charge in [0.25, 0.3) is 10.0 Å². The summed E-state index contributed by atoms with van der Waals surface area (Å²) in [4.78, 5) is 10.7. The van der Waals surface area contributed by atoms with E-state index in [1.54, 1.807) is 18.2 Å². The quantitative estimate of drug-likeness (QED) is 0.758. The zero-order valence-corrected chi connectivity index (χ0v) is 14.8. The summed E-state index contributed by atoms with van der Waals surface area (Å²) in [6.45, 7) is 2.73.